The topological polar surface area (TPSA) is 80.6 Å². The van der Waals surface area contributed by atoms with Gasteiger partial charge in [0.25, 0.3) is 0 Å². The molecule has 0 bridgehead atoms. The molecule has 4 heterocycles. The predicted molar refractivity (Wildman–Crippen MR) is 98.4 cm³/mol. The number of piperidine rings is 1. The summed E-state index contributed by atoms with van der Waals surface area (Å²) in [7, 11) is 0. The van der Waals surface area contributed by atoms with Crippen molar-refractivity contribution < 1.29 is 4.74 Å². The largest absolute Gasteiger partial charge is 0.470 e. The van der Waals surface area contributed by atoms with Crippen molar-refractivity contribution in [2.24, 2.45) is 11.5 Å². The number of nitrogens with zero attached hydrogens (tertiary/aromatic N) is 3. The van der Waals surface area contributed by atoms with E-state index in [0.717, 1.165) is 53.2 Å². The molecule has 4 N–H and O–H groups in total. The summed E-state index contributed by atoms with van der Waals surface area (Å²) in [5.74, 6) is 0.766. The maximum Gasteiger partial charge on any atom is 0.169 e. The fourth-order valence-corrected chi connectivity index (χ4v) is 3.81. The molecule has 1 fully saturated rings. The van der Waals surface area contributed by atoms with E-state index in [1.54, 1.807) is 0 Å². The molecule has 2 atom stereocenters. The molecule has 0 radical (unpaired) electrons. The molecule has 3 aliphatic heterocycles. The summed E-state index contributed by atoms with van der Waals surface area (Å²) in [6.45, 7) is 1.86. The van der Waals surface area contributed by atoms with Gasteiger partial charge in [-0.15, -0.1) is 0 Å². The third-order valence-electron chi connectivity index (χ3n) is 4.45. The van der Waals surface area contributed by atoms with Crippen LogP contribution in [0, 0.1) is 0 Å². The quantitative estimate of drug-likeness (QED) is 0.806. The summed E-state index contributed by atoms with van der Waals surface area (Å²) in [5, 5.41) is 0. The number of aromatic nitrogens is 1. The van der Waals surface area contributed by atoms with Crippen LogP contribution in [-0.2, 0) is 4.74 Å². The highest BCUT2D eigenvalue weighted by Gasteiger charge is 2.30. The lowest BCUT2D eigenvalue weighted by Crippen LogP contribution is -2.43. The molecule has 3 aliphatic rings. The van der Waals surface area contributed by atoms with Crippen LogP contribution in [0.3, 0.4) is 0 Å². The van der Waals surface area contributed by atoms with E-state index in [9.17, 15) is 0 Å². The van der Waals surface area contributed by atoms with Gasteiger partial charge in [0.15, 0.2) is 6.23 Å². The van der Waals surface area contributed by atoms with Gasteiger partial charge >= 0.3 is 0 Å². The molecule has 0 spiro atoms. The van der Waals surface area contributed by atoms with Crippen molar-refractivity contribution in [2.45, 2.75) is 25.1 Å². The number of halogens is 1. The number of fused-ring (bicyclic) bond motifs is 1. The number of hydrogen-bond donors (Lipinski definition) is 2. The van der Waals surface area contributed by atoms with Crippen molar-refractivity contribution >= 4 is 27.3 Å². The van der Waals surface area contributed by atoms with Crippen molar-refractivity contribution in [1.82, 2.24) is 4.98 Å². The van der Waals surface area contributed by atoms with Crippen LogP contribution in [0.15, 0.2) is 52.8 Å². The second kappa shape index (κ2) is 6.23. The Morgan fingerprint density at radius 2 is 2.17 bits per heavy atom. The van der Waals surface area contributed by atoms with Gasteiger partial charge < -0.3 is 20.3 Å². The zero-order valence-corrected chi connectivity index (χ0v) is 14.8. The maximum absolute atomic E-state index is 6.17. The summed E-state index contributed by atoms with van der Waals surface area (Å²) < 4.78 is 6.59. The Morgan fingerprint density at radius 3 is 3.00 bits per heavy atom. The van der Waals surface area contributed by atoms with Gasteiger partial charge in [-0.25, -0.2) is 0 Å². The zero-order valence-electron chi connectivity index (χ0n) is 13.2. The third kappa shape index (κ3) is 2.83. The Morgan fingerprint density at radius 1 is 1.29 bits per heavy atom. The lowest BCUT2D eigenvalue weighted by Gasteiger charge is -2.36. The number of allylic oxidation sites excluding steroid dienone is 2. The smallest absolute Gasteiger partial charge is 0.169 e. The van der Waals surface area contributed by atoms with Gasteiger partial charge in [0.05, 0.1) is 23.3 Å². The molecule has 24 heavy (non-hydrogen) atoms. The van der Waals surface area contributed by atoms with E-state index in [0.29, 0.717) is 0 Å². The first kappa shape index (κ1) is 15.7. The predicted octanol–water partition coefficient (Wildman–Crippen LogP) is 2.15. The highest BCUT2D eigenvalue weighted by molar-refractivity contribution is 9.11. The number of pyridine rings is 1. The SMILES string of the molecule is NC1CCCN(c2ccncc2N2C=C(Br)C=C3OC(N)C=C32)C1. The lowest BCUT2D eigenvalue weighted by atomic mass is 10.1. The number of nitrogens with two attached hydrogens (primary N) is 2. The minimum Gasteiger partial charge on any atom is -0.470 e. The van der Waals surface area contributed by atoms with Crippen LogP contribution in [0.25, 0.3) is 0 Å². The Kier molecular flexibility index (Phi) is 4.07. The number of anilines is 2. The van der Waals surface area contributed by atoms with Gasteiger partial charge in [0.2, 0.25) is 0 Å². The number of hydrogen-bond acceptors (Lipinski definition) is 6. The van der Waals surface area contributed by atoms with Gasteiger partial charge in [0.1, 0.15) is 5.76 Å². The highest BCUT2D eigenvalue weighted by atomic mass is 79.9. The molecule has 0 amide bonds. The van der Waals surface area contributed by atoms with Crippen LogP contribution < -0.4 is 21.3 Å². The number of rotatable bonds is 2. The van der Waals surface area contributed by atoms with E-state index in [-0.39, 0.29) is 6.04 Å². The Hall–Kier alpha value is -1.83. The summed E-state index contributed by atoms with van der Waals surface area (Å²) >= 11 is 3.55. The first-order valence-corrected chi connectivity index (χ1v) is 8.88. The molecule has 0 aromatic carbocycles. The molecule has 7 heteroatoms. The second-order valence-electron chi connectivity index (χ2n) is 6.24. The molecule has 2 unspecified atom stereocenters. The molecule has 1 aromatic heterocycles. The fourth-order valence-electron chi connectivity index (χ4n) is 3.40. The first-order valence-electron chi connectivity index (χ1n) is 8.09. The third-order valence-corrected chi connectivity index (χ3v) is 4.89. The van der Waals surface area contributed by atoms with Crippen molar-refractivity contribution in [3.05, 3.63) is 52.8 Å². The van der Waals surface area contributed by atoms with E-state index in [1.807, 2.05) is 36.8 Å². The van der Waals surface area contributed by atoms with Crippen LogP contribution in [0.2, 0.25) is 0 Å². The molecule has 1 aromatic rings. The van der Waals surface area contributed by atoms with Crippen LogP contribution in [0.4, 0.5) is 11.4 Å². The average Bonchev–Trinajstić information content (AvgIpc) is 2.94. The van der Waals surface area contributed by atoms with E-state index >= 15 is 0 Å². The van der Waals surface area contributed by atoms with Crippen molar-refractivity contribution in [1.29, 1.82) is 0 Å². The van der Waals surface area contributed by atoms with Crippen molar-refractivity contribution in [3.8, 4) is 0 Å². The number of ether oxygens (including phenoxy) is 1. The van der Waals surface area contributed by atoms with E-state index < -0.39 is 6.23 Å². The van der Waals surface area contributed by atoms with E-state index in [2.05, 4.69) is 30.7 Å². The minimum absolute atomic E-state index is 0.210. The molecular weight excluding hydrogens is 370 g/mol. The highest BCUT2D eigenvalue weighted by Crippen LogP contribution is 2.40. The first-order chi connectivity index (χ1) is 11.6. The zero-order chi connectivity index (χ0) is 16.7. The Bertz CT molecular complexity index is 744. The van der Waals surface area contributed by atoms with Crippen LogP contribution in [0.1, 0.15) is 12.8 Å². The second-order valence-corrected chi connectivity index (χ2v) is 7.16. The Labute approximate surface area is 149 Å². The van der Waals surface area contributed by atoms with Gasteiger partial charge in [0, 0.05) is 36.0 Å². The molecule has 0 saturated carbocycles. The maximum atomic E-state index is 6.17. The van der Waals surface area contributed by atoms with Gasteiger partial charge in [-0.3, -0.25) is 10.7 Å². The molecular formula is C17H20BrN5O. The molecule has 1 saturated heterocycles. The average molecular weight is 390 g/mol. The van der Waals surface area contributed by atoms with E-state index in [1.165, 1.54) is 0 Å². The monoisotopic (exact) mass is 389 g/mol. The van der Waals surface area contributed by atoms with Crippen molar-refractivity contribution in [3.63, 3.8) is 0 Å². The Balaban J connectivity index is 1.74. The van der Waals surface area contributed by atoms with Crippen LogP contribution in [0.5, 0.6) is 0 Å². The van der Waals surface area contributed by atoms with Gasteiger partial charge in [-0.2, -0.15) is 0 Å². The summed E-state index contributed by atoms with van der Waals surface area (Å²) in [4.78, 5) is 8.74. The summed E-state index contributed by atoms with van der Waals surface area (Å²) in [6, 6.07) is 2.25. The molecule has 126 valence electrons. The van der Waals surface area contributed by atoms with Gasteiger partial charge in [-0.1, -0.05) is 0 Å². The summed E-state index contributed by atoms with van der Waals surface area (Å²) in [6.07, 6.45) is 11.3. The fraction of sp³-hybridized carbons (Fsp3) is 0.353. The summed E-state index contributed by atoms with van der Waals surface area (Å²) in [5.41, 5.74) is 15.2. The lowest BCUT2D eigenvalue weighted by molar-refractivity contribution is 0.186. The molecule has 0 aliphatic carbocycles. The van der Waals surface area contributed by atoms with E-state index in [4.69, 9.17) is 16.2 Å². The van der Waals surface area contributed by atoms with Crippen LogP contribution >= 0.6 is 15.9 Å². The van der Waals surface area contributed by atoms with Gasteiger partial charge in [-0.05, 0) is 47.0 Å². The standard InChI is InChI=1S/C17H20BrN5O/c18-11-6-16-14(7-17(20)24-16)23(9-11)15-8-21-4-3-13(15)22-5-1-2-12(19)10-22/h3-4,6-9,12,17H,1-2,5,10,19-20H2. The minimum atomic E-state index is -0.427. The molecule has 6 nitrogen and oxygen atoms in total. The van der Waals surface area contributed by atoms with Crippen LogP contribution in [-0.4, -0.2) is 30.3 Å². The molecule has 4 rings (SSSR count). The normalized spacial score (nSPS) is 26.4. The van der Waals surface area contributed by atoms with Crippen molar-refractivity contribution in [2.75, 3.05) is 22.9 Å².